The number of sulfonamides is 1. The molecule has 1 atom stereocenters. The van der Waals surface area contributed by atoms with Gasteiger partial charge in [0.2, 0.25) is 10.0 Å². The third-order valence-electron chi connectivity index (χ3n) is 4.16. The van der Waals surface area contributed by atoms with Crippen molar-refractivity contribution >= 4 is 10.0 Å². The van der Waals surface area contributed by atoms with E-state index < -0.39 is 10.0 Å². The van der Waals surface area contributed by atoms with Crippen molar-refractivity contribution in [2.24, 2.45) is 0 Å². The van der Waals surface area contributed by atoms with Gasteiger partial charge >= 0.3 is 0 Å². The Bertz CT molecular complexity index is 783. The molecular weight excluding hydrogens is 322 g/mol. The van der Waals surface area contributed by atoms with Crippen LogP contribution in [-0.4, -0.2) is 15.5 Å². The molecule has 24 heavy (non-hydrogen) atoms. The maximum absolute atomic E-state index is 12.7. The number of methoxy groups -OCH3 is 1. The van der Waals surface area contributed by atoms with Crippen LogP contribution in [0.25, 0.3) is 0 Å². The fourth-order valence-electron chi connectivity index (χ4n) is 2.61. The van der Waals surface area contributed by atoms with Gasteiger partial charge in [0, 0.05) is 6.04 Å². The quantitative estimate of drug-likeness (QED) is 0.827. The molecule has 5 heteroatoms. The highest BCUT2D eigenvalue weighted by molar-refractivity contribution is 7.89. The van der Waals surface area contributed by atoms with Gasteiger partial charge in [0.25, 0.3) is 0 Å². The lowest BCUT2D eigenvalue weighted by Gasteiger charge is -2.16. The lowest BCUT2D eigenvalue weighted by Crippen LogP contribution is -2.27. The van der Waals surface area contributed by atoms with Gasteiger partial charge in [0.15, 0.2) is 0 Å². The Morgan fingerprint density at radius 1 is 1.04 bits per heavy atom. The second-order valence-corrected chi connectivity index (χ2v) is 7.48. The highest BCUT2D eigenvalue weighted by atomic mass is 32.2. The van der Waals surface area contributed by atoms with Gasteiger partial charge in [-0.25, -0.2) is 13.1 Å². The van der Waals surface area contributed by atoms with Crippen LogP contribution in [0.5, 0.6) is 5.75 Å². The van der Waals surface area contributed by atoms with E-state index in [2.05, 4.69) is 11.6 Å². The van der Waals surface area contributed by atoms with Gasteiger partial charge in [-0.15, -0.1) is 0 Å². The van der Waals surface area contributed by atoms with Crippen molar-refractivity contribution in [3.05, 3.63) is 59.2 Å². The first-order valence-electron chi connectivity index (χ1n) is 8.19. The molecule has 2 aromatic carbocycles. The van der Waals surface area contributed by atoms with Crippen LogP contribution in [0, 0.1) is 0 Å². The number of hydrogen-bond donors (Lipinski definition) is 1. The fraction of sp³-hybridized carbons (Fsp3) is 0.368. The van der Waals surface area contributed by atoms with Gasteiger partial charge in [-0.2, -0.15) is 0 Å². The topological polar surface area (TPSA) is 55.4 Å². The first-order chi connectivity index (χ1) is 11.4. The monoisotopic (exact) mass is 347 g/mol. The molecule has 0 radical (unpaired) electrons. The number of nitrogens with one attached hydrogen (secondary N) is 1. The maximum Gasteiger partial charge on any atom is 0.241 e. The zero-order valence-corrected chi connectivity index (χ0v) is 15.5. The van der Waals surface area contributed by atoms with Gasteiger partial charge < -0.3 is 4.74 Å². The number of rotatable bonds is 7. The number of hydrogen-bond acceptors (Lipinski definition) is 3. The van der Waals surface area contributed by atoms with E-state index in [1.54, 1.807) is 25.3 Å². The summed E-state index contributed by atoms with van der Waals surface area (Å²) in [6.45, 7) is 5.92. The van der Waals surface area contributed by atoms with E-state index in [-0.39, 0.29) is 10.9 Å². The summed E-state index contributed by atoms with van der Waals surface area (Å²) >= 11 is 0. The standard InChI is InChI=1S/C19H25NO3S/c1-5-15-7-9-17(10-8-15)14(3)20-24(21,22)18-11-12-19(23-4)16(6-2)13-18/h7-14,20H,5-6H2,1-4H3/t14-/m0/s1. The van der Waals surface area contributed by atoms with Crippen LogP contribution < -0.4 is 9.46 Å². The molecule has 0 saturated carbocycles. The van der Waals surface area contributed by atoms with E-state index in [0.717, 1.165) is 17.5 Å². The number of aryl methyl sites for hydroxylation is 2. The van der Waals surface area contributed by atoms with E-state index in [1.165, 1.54) is 5.56 Å². The molecule has 0 spiro atoms. The summed E-state index contributed by atoms with van der Waals surface area (Å²) in [5.41, 5.74) is 3.05. The van der Waals surface area contributed by atoms with Crippen LogP contribution in [0.2, 0.25) is 0 Å². The van der Waals surface area contributed by atoms with Crippen molar-refractivity contribution in [1.82, 2.24) is 4.72 Å². The minimum absolute atomic E-state index is 0.261. The molecule has 0 unspecified atom stereocenters. The second-order valence-electron chi connectivity index (χ2n) is 5.77. The molecule has 2 aromatic rings. The minimum atomic E-state index is -3.59. The molecule has 4 nitrogen and oxygen atoms in total. The average molecular weight is 347 g/mol. The summed E-state index contributed by atoms with van der Waals surface area (Å²) in [7, 11) is -2.00. The van der Waals surface area contributed by atoms with E-state index in [1.807, 2.05) is 38.1 Å². The van der Waals surface area contributed by atoms with Crippen LogP contribution in [0.15, 0.2) is 47.4 Å². The Labute approximate surface area is 144 Å². The van der Waals surface area contributed by atoms with Crippen LogP contribution >= 0.6 is 0 Å². The van der Waals surface area contributed by atoms with Crippen molar-refractivity contribution in [2.45, 2.75) is 44.6 Å². The first kappa shape index (κ1) is 18.5. The van der Waals surface area contributed by atoms with Crippen LogP contribution in [0.1, 0.15) is 43.5 Å². The Balaban J connectivity index is 2.23. The average Bonchev–Trinajstić information content (AvgIpc) is 2.60. The number of benzene rings is 2. The summed E-state index contributed by atoms with van der Waals surface area (Å²) in [5.74, 6) is 0.708. The smallest absolute Gasteiger partial charge is 0.241 e. The molecule has 0 aliphatic carbocycles. The molecule has 0 aliphatic rings. The Morgan fingerprint density at radius 3 is 2.25 bits per heavy atom. The second kappa shape index (κ2) is 7.81. The first-order valence-corrected chi connectivity index (χ1v) is 9.67. The predicted octanol–water partition coefficient (Wildman–Crippen LogP) is 3.86. The largest absolute Gasteiger partial charge is 0.496 e. The van der Waals surface area contributed by atoms with Crippen molar-refractivity contribution in [3.63, 3.8) is 0 Å². The van der Waals surface area contributed by atoms with Crippen LogP contribution in [-0.2, 0) is 22.9 Å². The summed E-state index contributed by atoms with van der Waals surface area (Å²) in [5, 5.41) is 0. The highest BCUT2D eigenvalue weighted by Crippen LogP contribution is 2.24. The lowest BCUT2D eigenvalue weighted by atomic mass is 10.1. The third kappa shape index (κ3) is 4.16. The Hall–Kier alpha value is -1.85. The molecule has 0 fully saturated rings. The van der Waals surface area contributed by atoms with E-state index in [9.17, 15) is 8.42 Å². The molecule has 0 saturated heterocycles. The van der Waals surface area contributed by atoms with E-state index >= 15 is 0 Å². The minimum Gasteiger partial charge on any atom is -0.496 e. The molecule has 0 amide bonds. The molecule has 130 valence electrons. The summed E-state index contributed by atoms with van der Waals surface area (Å²) in [4.78, 5) is 0.261. The summed E-state index contributed by atoms with van der Waals surface area (Å²) < 4.78 is 33.3. The van der Waals surface area contributed by atoms with Crippen molar-refractivity contribution in [2.75, 3.05) is 7.11 Å². The maximum atomic E-state index is 12.7. The van der Waals surface area contributed by atoms with Gasteiger partial charge in [0.1, 0.15) is 5.75 Å². The summed E-state index contributed by atoms with van der Waals surface area (Å²) in [6.07, 6.45) is 1.67. The molecule has 0 aliphatic heterocycles. The fourth-order valence-corrected chi connectivity index (χ4v) is 3.89. The van der Waals surface area contributed by atoms with Crippen molar-refractivity contribution < 1.29 is 13.2 Å². The third-order valence-corrected chi connectivity index (χ3v) is 5.70. The Morgan fingerprint density at radius 2 is 1.71 bits per heavy atom. The predicted molar refractivity (Wildman–Crippen MR) is 96.9 cm³/mol. The van der Waals surface area contributed by atoms with Crippen LogP contribution in [0.3, 0.4) is 0 Å². The van der Waals surface area contributed by atoms with Gasteiger partial charge in [-0.3, -0.25) is 0 Å². The molecule has 0 aromatic heterocycles. The Kier molecular flexibility index (Phi) is 6.02. The molecule has 1 N–H and O–H groups in total. The molecule has 2 rings (SSSR count). The molecule has 0 heterocycles. The zero-order chi connectivity index (χ0) is 17.7. The zero-order valence-electron chi connectivity index (χ0n) is 14.7. The van der Waals surface area contributed by atoms with E-state index in [4.69, 9.17) is 4.74 Å². The van der Waals surface area contributed by atoms with Crippen molar-refractivity contribution in [3.8, 4) is 5.75 Å². The molecule has 0 bridgehead atoms. The highest BCUT2D eigenvalue weighted by Gasteiger charge is 2.19. The lowest BCUT2D eigenvalue weighted by molar-refractivity contribution is 0.409. The summed E-state index contributed by atoms with van der Waals surface area (Å²) in [6, 6.07) is 12.7. The van der Waals surface area contributed by atoms with E-state index in [0.29, 0.717) is 12.2 Å². The normalized spacial score (nSPS) is 12.8. The number of ether oxygens (including phenoxy) is 1. The molecular formula is C19H25NO3S. The van der Waals surface area contributed by atoms with Gasteiger partial charge in [-0.1, -0.05) is 38.1 Å². The van der Waals surface area contributed by atoms with Crippen LogP contribution in [0.4, 0.5) is 0 Å². The van der Waals surface area contributed by atoms with Gasteiger partial charge in [-0.05, 0) is 54.7 Å². The van der Waals surface area contributed by atoms with Crippen molar-refractivity contribution in [1.29, 1.82) is 0 Å². The SMILES string of the molecule is CCc1ccc([C@H](C)NS(=O)(=O)c2ccc(OC)c(CC)c2)cc1. The van der Waals surface area contributed by atoms with Gasteiger partial charge in [0.05, 0.1) is 12.0 Å².